The molecule has 2 nitrogen and oxygen atoms in total. The summed E-state index contributed by atoms with van der Waals surface area (Å²) in [4.78, 5) is 11.1. The largest absolute Gasteiger partial charge is 0.316 e. The summed E-state index contributed by atoms with van der Waals surface area (Å²) in [6.07, 6.45) is 7.88. The first-order valence-corrected chi connectivity index (χ1v) is 5.48. The van der Waals surface area contributed by atoms with E-state index < -0.39 is 0 Å². The highest BCUT2D eigenvalue weighted by molar-refractivity contribution is 5.60. The van der Waals surface area contributed by atoms with Crippen LogP contribution < -0.4 is 5.32 Å². The molecular weight excluding hydrogens is 174 g/mol. The Labute approximate surface area is 85.8 Å². The Morgan fingerprint density at radius 3 is 3.07 bits per heavy atom. The van der Waals surface area contributed by atoms with Gasteiger partial charge in [-0.3, -0.25) is 0 Å². The molecule has 1 N–H and O–H groups in total. The molecule has 1 fully saturated rings. The molecule has 2 rings (SSSR count). The van der Waals surface area contributed by atoms with Crippen molar-refractivity contribution in [1.29, 1.82) is 0 Å². The van der Waals surface area contributed by atoms with Crippen LogP contribution in [0, 0.1) is 11.3 Å². The summed E-state index contributed by atoms with van der Waals surface area (Å²) in [7, 11) is 2.02. The van der Waals surface area contributed by atoms with Crippen LogP contribution in [-0.2, 0) is 4.79 Å². The Morgan fingerprint density at radius 1 is 1.64 bits per heavy atom. The summed E-state index contributed by atoms with van der Waals surface area (Å²) in [6.45, 7) is 2.10. The van der Waals surface area contributed by atoms with E-state index >= 15 is 0 Å². The fourth-order valence-corrected chi connectivity index (χ4v) is 3.04. The van der Waals surface area contributed by atoms with Crippen molar-refractivity contribution in [3.05, 3.63) is 11.6 Å². The highest BCUT2D eigenvalue weighted by Gasteiger charge is 2.38. The second kappa shape index (κ2) is 3.50. The van der Waals surface area contributed by atoms with E-state index in [0.717, 1.165) is 25.5 Å². The topological polar surface area (TPSA) is 29.1 Å². The van der Waals surface area contributed by atoms with Crippen LogP contribution in [0.1, 0.15) is 32.6 Å². The fraction of sp³-hybridized carbons (Fsp3) is 0.750. The molecule has 0 aromatic carbocycles. The van der Waals surface area contributed by atoms with E-state index in [0.29, 0.717) is 12.0 Å². The molecule has 3 unspecified atom stereocenters. The zero-order valence-electron chi connectivity index (χ0n) is 9.05. The van der Waals surface area contributed by atoms with Gasteiger partial charge in [-0.1, -0.05) is 18.6 Å². The average molecular weight is 193 g/mol. The summed E-state index contributed by atoms with van der Waals surface area (Å²) in [6, 6.07) is 0.582. The molecule has 2 heteroatoms. The number of hydrogen-bond donors (Lipinski definition) is 1. The highest BCUT2D eigenvalue weighted by Crippen LogP contribution is 2.44. The number of allylic oxidation sites excluding steroid dienone is 1. The predicted molar refractivity (Wildman–Crippen MR) is 57.1 cm³/mol. The molecule has 3 atom stereocenters. The maximum atomic E-state index is 11.1. The lowest BCUT2D eigenvalue weighted by Gasteiger charge is -2.42. The van der Waals surface area contributed by atoms with Crippen molar-refractivity contribution in [2.45, 2.75) is 38.6 Å². The van der Waals surface area contributed by atoms with Crippen LogP contribution >= 0.6 is 0 Å². The van der Waals surface area contributed by atoms with E-state index in [1.165, 1.54) is 12.0 Å². The molecule has 0 saturated heterocycles. The molecule has 1 saturated carbocycles. The normalized spacial score (nSPS) is 41.7. The van der Waals surface area contributed by atoms with Crippen molar-refractivity contribution in [2.75, 3.05) is 7.05 Å². The average Bonchev–Trinajstić information content (AvgIpc) is 2.18. The molecular formula is C12H19NO. The maximum absolute atomic E-state index is 11.1. The van der Waals surface area contributed by atoms with Gasteiger partial charge in [0, 0.05) is 11.5 Å². The molecule has 14 heavy (non-hydrogen) atoms. The Kier molecular flexibility index (Phi) is 2.48. The van der Waals surface area contributed by atoms with Gasteiger partial charge in [0.1, 0.15) is 6.29 Å². The smallest absolute Gasteiger partial charge is 0.126 e. The molecule has 0 spiro atoms. The van der Waals surface area contributed by atoms with Crippen LogP contribution in [0.25, 0.3) is 0 Å². The number of carbonyl (C=O) groups is 1. The third-order valence-corrected chi connectivity index (χ3v) is 3.77. The third kappa shape index (κ3) is 1.63. The van der Waals surface area contributed by atoms with Gasteiger partial charge in [0.25, 0.3) is 0 Å². The zero-order chi connectivity index (χ0) is 10.2. The molecule has 0 amide bonds. The summed E-state index contributed by atoms with van der Waals surface area (Å²) < 4.78 is 0. The van der Waals surface area contributed by atoms with Crippen molar-refractivity contribution in [2.24, 2.45) is 11.3 Å². The van der Waals surface area contributed by atoms with Gasteiger partial charge in [-0.15, -0.1) is 0 Å². The maximum Gasteiger partial charge on any atom is 0.126 e. The summed E-state index contributed by atoms with van der Waals surface area (Å²) in [5.41, 5.74) is 1.41. The quantitative estimate of drug-likeness (QED) is 0.536. The lowest BCUT2D eigenvalue weighted by molar-refractivity contribution is -0.117. The Balaban J connectivity index is 2.20. The summed E-state index contributed by atoms with van der Waals surface area (Å²) >= 11 is 0. The SMILES string of the molecule is CNC1CC=C2CC1CC(C)(C=O)C2. The van der Waals surface area contributed by atoms with Crippen LogP contribution in [-0.4, -0.2) is 19.4 Å². The fourth-order valence-electron chi connectivity index (χ4n) is 3.04. The minimum absolute atomic E-state index is 0.0930. The Bertz CT molecular complexity index is 271. The van der Waals surface area contributed by atoms with Gasteiger partial charge < -0.3 is 10.1 Å². The monoisotopic (exact) mass is 193 g/mol. The van der Waals surface area contributed by atoms with Crippen LogP contribution in [0.5, 0.6) is 0 Å². The van der Waals surface area contributed by atoms with Gasteiger partial charge in [-0.05, 0) is 38.6 Å². The van der Waals surface area contributed by atoms with Gasteiger partial charge in [0.15, 0.2) is 0 Å². The first-order chi connectivity index (χ1) is 6.67. The number of aldehydes is 1. The Hall–Kier alpha value is -0.630. The van der Waals surface area contributed by atoms with E-state index in [-0.39, 0.29) is 5.41 Å². The van der Waals surface area contributed by atoms with E-state index in [4.69, 9.17) is 0 Å². The molecule has 2 aliphatic rings. The lowest BCUT2D eigenvalue weighted by atomic mass is 9.64. The van der Waals surface area contributed by atoms with Crippen molar-refractivity contribution < 1.29 is 4.79 Å². The second-order valence-electron chi connectivity index (χ2n) is 5.11. The van der Waals surface area contributed by atoms with Gasteiger partial charge in [-0.2, -0.15) is 0 Å². The van der Waals surface area contributed by atoms with E-state index in [9.17, 15) is 4.79 Å². The first kappa shape index (κ1) is 9.91. The second-order valence-corrected chi connectivity index (χ2v) is 5.11. The zero-order valence-corrected chi connectivity index (χ0v) is 9.05. The third-order valence-electron chi connectivity index (χ3n) is 3.77. The van der Waals surface area contributed by atoms with Crippen LogP contribution in [0.15, 0.2) is 11.6 Å². The number of fused-ring (bicyclic) bond motifs is 2. The van der Waals surface area contributed by atoms with Crippen molar-refractivity contribution in [3.63, 3.8) is 0 Å². The number of carbonyl (C=O) groups excluding carboxylic acids is 1. The van der Waals surface area contributed by atoms with E-state index in [1.807, 2.05) is 7.05 Å². The van der Waals surface area contributed by atoms with Gasteiger partial charge >= 0.3 is 0 Å². The van der Waals surface area contributed by atoms with Crippen LogP contribution in [0.4, 0.5) is 0 Å². The van der Waals surface area contributed by atoms with Crippen molar-refractivity contribution in [1.82, 2.24) is 5.32 Å². The molecule has 0 heterocycles. The van der Waals surface area contributed by atoms with Crippen LogP contribution in [0.2, 0.25) is 0 Å². The minimum Gasteiger partial charge on any atom is -0.316 e. The highest BCUT2D eigenvalue weighted by atomic mass is 16.1. The molecule has 0 aliphatic heterocycles. The lowest BCUT2D eigenvalue weighted by Crippen LogP contribution is -2.42. The standard InChI is InChI=1S/C12H19NO/c1-12(8-14)6-9-3-4-11(13-2)10(5-9)7-12/h3,8,10-11,13H,4-7H2,1-2H3. The van der Waals surface area contributed by atoms with E-state index in [1.54, 1.807) is 0 Å². The van der Waals surface area contributed by atoms with Gasteiger partial charge in [0.2, 0.25) is 0 Å². The first-order valence-electron chi connectivity index (χ1n) is 5.48. The molecule has 0 aromatic heterocycles. The molecule has 0 radical (unpaired) electrons. The van der Waals surface area contributed by atoms with Gasteiger partial charge in [-0.25, -0.2) is 0 Å². The number of hydrogen-bond acceptors (Lipinski definition) is 2. The predicted octanol–water partition coefficient (Wildman–Crippen LogP) is 1.91. The minimum atomic E-state index is -0.0930. The molecule has 2 aliphatic carbocycles. The molecule has 0 aromatic rings. The van der Waals surface area contributed by atoms with Crippen molar-refractivity contribution in [3.8, 4) is 0 Å². The van der Waals surface area contributed by atoms with Gasteiger partial charge in [0.05, 0.1) is 0 Å². The molecule has 2 bridgehead atoms. The molecule has 78 valence electrons. The summed E-state index contributed by atoms with van der Waals surface area (Å²) in [5.74, 6) is 0.670. The van der Waals surface area contributed by atoms with E-state index in [2.05, 4.69) is 18.3 Å². The number of rotatable bonds is 2. The number of nitrogens with one attached hydrogen (secondary N) is 1. The van der Waals surface area contributed by atoms with Crippen molar-refractivity contribution >= 4 is 6.29 Å². The Morgan fingerprint density at radius 2 is 2.43 bits per heavy atom. The summed E-state index contributed by atoms with van der Waals surface area (Å²) in [5, 5.41) is 3.36. The van der Waals surface area contributed by atoms with Crippen LogP contribution in [0.3, 0.4) is 0 Å².